The van der Waals surface area contributed by atoms with Crippen molar-refractivity contribution in [2.45, 2.75) is 0 Å². The molecule has 1 heterocycles. The van der Waals surface area contributed by atoms with Crippen molar-refractivity contribution in [3.8, 4) is 28.6 Å². The number of phenolic OH excluding ortho intramolecular Hbond substituents is 1. The molecule has 0 fully saturated rings. The lowest BCUT2D eigenvalue weighted by molar-refractivity contribution is 0.340. The van der Waals surface area contributed by atoms with Gasteiger partial charge in [-0.3, -0.25) is 0 Å². The van der Waals surface area contributed by atoms with E-state index in [0.717, 1.165) is 0 Å². The van der Waals surface area contributed by atoms with E-state index in [1.165, 1.54) is 25.1 Å². The summed E-state index contributed by atoms with van der Waals surface area (Å²) < 4.78 is 12.0. The summed E-state index contributed by atoms with van der Waals surface area (Å²) >= 11 is 17.5. The normalized spacial score (nSPS) is 11.1. The van der Waals surface area contributed by atoms with Gasteiger partial charge in [-0.1, -0.05) is 23.2 Å². The highest BCUT2D eigenvalue weighted by Crippen LogP contribution is 2.36. The molecule has 0 saturated heterocycles. The second-order valence-corrected chi connectivity index (χ2v) is 6.54. The number of hydrogen-bond donors (Lipinski definition) is 2. The molecule has 0 aliphatic heterocycles. The number of methoxy groups -OCH3 is 2. The molecule has 3 rings (SSSR count). The fraction of sp³-hybridized carbons (Fsp3) is 0.118. The van der Waals surface area contributed by atoms with E-state index in [-0.39, 0.29) is 22.0 Å². The molecule has 27 heavy (non-hydrogen) atoms. The van der Waals surface area contributed by atoms with E-state index in [9.17, 15) is 5.11 Å². The molecule has 0 saturated carbocycles. The molecular formula is C17H14Cl2N4O3S. The smallest absolute Gasteiger partial charge is 0.216 e. The summed E-state index contributed by atoms with van der Waals surface area (Å²) in [6, 6.07) is 8.26. The molecule has 0 amide bonds. The van der Waals surface area contributed by atoms with Crippen LogP contribution >= 0.6 is 35.4 Å². The third-order valence-corrected chi connectivity index (χ3v) is 4.46. The largest absolute Gasteiger partial charge is 0.502 e. The average molecular weight is 425 g/mol. The molecular weight excluding hydrogens is 411 g/mol. The Morgan fingerprint density at radius 2 is 1.85 bits per heavy atom. The Morgan fingerprint density at radius 1 is 1.19 bits per heavy atom. The first-order valence-electron chi connectivity index (χ1n) is 7.56. The molecule has 2 N–H and O–H groups in total. The van der Waals surface area contributed by atoms with Gasteiger partial charge in [-0.15, -0.1) is 0 Å². The van der Waals surface area contributed by atoms with Gasteiger partial charge in [-0.25, -0.2) is 5.10 Å². The van der Waals surface area contributed by atoms with Crippen molar-refractivity contribution in [3.63, 3.8) is 0 Å². The number of ether oxygens (including phenoxy) is 2. The first kappa shape index (κ1) is 19.2. The van der Waals surface area contributed by atoms with Crippen molar-refractivity contribution in [1.82, 2.24) is 14.9 Å². The van der Waals surface area contributed by atoms with Crippen LogP contribution < -0.4 is 9.47 Å². The minimum atomic E-state index is -0.0919. The fourth-order valence-corrected chi connectivity index (χ4v) is 3.03. The van der Waals surface area contributed by atoms with Crippen LogP contribution in [0.5, 0.6) is 17.2 Å². The number of aromatic amines is 1. The molecule has 0 aliphatic carbocycles. The van der Waals surface area contributed by atoms with E-state index in [1.54, 1.807) is 30.3 Å². The van der Waals surface area contributed by atoms with E-state index < -0.39 is 0 Å². The minimum absolute atomic E-state index is 0.0919. The summed E-state index contributed by atoms with van der Waals surface area (Å²) in [6.07, 6.45) is 1.53. The number of benzene rings is 2. The summed E-state index contributed by atoms with van der Waals surface area (Å²) in [4.78, 5) is 0. The summed E-state index contributed by atoms with van der Waals surface area (Å²) in [5.41, 5.74) is 1.24. The number of hydrogen-bond acceptors (Lipinski definition) is 6. The predicted molar refractivity (Wildman–Crippen MR) is 107 cm³/mol. The zero-order chi connectivity index (χ0) is 19.6. The van der Waals surface area contributed by atoms with Gasteiger partial charge in [-0.2, -0.15) is 14.9 Å². The van der Waals surface area contributed by atoms with Crippen LogP contribution in [0, 0.1) is 4.77 Å². The summed E-state index contributed by atoms with van der Waals surface area (Å²) in [7, 11) is 2.89. The molecule has 10 heteroatoms. The Kier molecular flexibility index (Phi) is 5.69. The topological polar surface area (TPSA) is 84.7 Å². The molecule has 1 aromatic heterocycles. The van der Waals surface area contributed by atoms with Crippen LogP contribution in [0.25, 0.3) is 11.4 Å². The van der Waals surface area contributed by atoms with Crippen LogP contribution in [-0.2, 0) is 0 Å². The van der Waals surface area contributed by atoms with Crippen molar-refractivity contribution in [3.05, 3.63) is 50.7 Å². The van der Waals surface area contributed by atoms with Crippen molar-refractivity contribution in [2.75, 3.05) is 14.2 Å². The van der Waals surface area contributed by atoms with Crippen molar-refractivity contribution in [1.29, 1.82) is 0 Å². The Hall–Kier alpha value is -2.55. The van der Waals surface area contributed by atoms with Gasteiger partial charge in [-0.05, 0) is 42.5 Å². The Labute approximate surface area is 169 Å². The SMILES string of the molecule is COc1cc(/C=N\n2c(-c3ccc(Cl)cc3Cl)n[nH]c2=S)cc(OC)c1O. The lowest BCUT2D eigenvalue weighted by Gasteiger charge is -2.09. The lowest BCUT2D eigenvalue weighted by Crippen LogP contribution is -1.97. The quantitative estimate of drug-likeness (QED) is 0.464. The monoisotopic (exact) mass is 424 g/mol. The highest BCUT2D eigenvalue weighted by molar-refractivity contribution is 7.71. The molecule has 0 radical (unpaired) electrons. The molecule has 0 atom stereocenters. The van der Waals surface area contributed by atoms with Crippen molar-refractivity contribution >= 4 is 41.6 Å². The highest BCUT2D eigenvalue weighted by atomic mass is 35.5. The Balaban J connectivity index is 2.05. The van der Waals surface area contributed by atoms with E-state index >= 15 is 0 Å². The van der Waals surface area contributed by atoms with Gasteiger partial charge in [0.2, 0.25) is 10.5 Å². The third kappa shape index (κ3) is 3.92. The average Bonchev–Trinajstić information content (AvgIpc) is 3.01. The fourth-order valence-electron chi connectivity index (χ4n) is 2.36. The Morgan fingerprint density at radius 3 is 2.44 bits per heavy atom. The highest BCUT2D eigenvalue weighted by Gasteiger charge is 2.13. The van der Waals surface area contributed by atoms with Gasteiger partial charge in [0.05, 0.1) is 25.5 Å². The second-order valence-electron chi connectivity index (χ2n) is 5.31. The number of nitrogens with one attached hydrogen (secondary N) is 1. The first-order valence-corrected chi connectivity index (χ1v) is 8.73. The lowest BCUT2D eigenvalue weighted by atomic mass is 10.2. The molecule has 7 nitrogen and oxygen atoms in total. The van der Waals surface area contributed by atoms with Crippen LogP contribution in [0.4, 0.5) is 0 Å². The van der Waals surface area contributed by atoms with Gasteiger partial charge in [0, 0.05) is 16.1 Å². The van der Waals surface area contributed by atoms with E-state index in [0.29, 0.717) is 27.0 Å². The number of phenols is 1. The van der Waals surface area contributed by atoms with Crippen LogP contribution in [0.15, 0.2) is 35.4 Å². The van der Waals surface area contributed by atoms with Crippen LogP contribution in [0.3, 0.4) is 0 Å². The predicted octanol–water partition coefficient (Wildman–Crippen LogP) is 4.52. The van der Waals surface area contributed by atoms with Crippen molar-refractivity contribution < 1.29 is 14.6 Å². The summed E-state index contributed by atoms with van der Waals surface area (Å²) in [6.45, 7) is 0. The van der Waals surface area contributed by atoms with E-state index in [1.807, 2.05) is 0 Å². The zero-order valence-electron chi connectivity index (χ0n) is 14.2. The van der Waals surface area contributed by atoms with Gasteiger partial charge in [0.1, 0.15) is 0 Å². The van der Waals surface area contributed by atoms with Gasteiger partial charge >= 0.3 is 0 Å². The minimum Gasteiger partial charge on any atom is -0.502 e. The molecule has 0 aliphatic rings. The molecule has 0 unspecified atom stereocenters. The maximum atomic E-state index is 10.00. The molecule has 140 valence electrons. The van der Waals surface area contributed by atoms with E-state index in [4.69, 9.17) is 44.9 Å². The van der Waals surface area contributed by atoms with Gasteiger partial charge < -0.3 is 14.6 Å². The second kappa shape index (κ2) is 7.99. The first-order chi connectivity index (χ1) is 12.9. The summed E-state index contributed by atoms with van der Waals surface area (Å²) in [5.74, 6) is 0.849. The number of aromatic nitrogens is 3. The Bertz CT molecular complexity index is 1050. The number of nitrogens with zero attached hydrogens (tertiary/aromatic N) is 3. The number of halogens is 2. The maximum Gasteiger partial charge on any atom is 0.216 e. The van der Waals surface area contributed by atoms with Gasteiger partial charge in [0.25, 0.3) is 0 Å². The summed E-state index contributed by atoms with van der Waals surface area (Å²) in [5, 5.41) is 22.2. The molecule has 2 aromatic carbocycles. The van der Waals surface area contributed by atoms with Crippen LogP contribution in [-0.4, -0.2) is 40.4 Å². The number of rotatable bonds is 5. The molecule has 3 aromatic rings. The van der Waals surface area contributed by atoms with Crippen molar-refractivity contribution in [2.24, 2.45) is 5.10 Å². The van der Waals surface area contributed by atoms with Gasteiger partial charge in [0.15, 0.2) is 17.3 Å². The molecule has 0 bridgehead atoms. The standard InChI is InChI=1S/C17H14Cl2N4O3S/c1-25-13-5-9(6-14(26-2)15(13)24)8-20-23-16(21-22-17(23)27)11-4-3-10(18)7-12(11)19/h3-8,24H,1-2H3,(H,22,27)/b20-8-. The number of aromatic hydroxyl groups is 1. The van der Waals surface area contributed by atoms with Crippen LogP contribution in [0.1, 0.15) is 5.56 Å². The molecule has 0 spiro atoms. The number of H-pyrrole nitrogens is 1. The maximum absolute atomic E-state index is 10.00. The third-order valence-electron chi connectivity index (χ3n) is 3.65. The van der Waals surface area contributed by atoms with E-state index in [2.05, 4.69) is 15.3 Å². The zero-order valence-corrected chi connectivity index (χ0v) is 16.6. The van der Waals surface area contributed by atoms with Crippen LogP contribution in [0.2, 0.25) is 10.0 Å².